The van der Waals surface area contributed by atoms with Gasteiger partial charge < -0.3 is 9.64 Å². The molecule has 1 aliphatic heterocycles. The summed E-state index contributed by atoms with van der Waals surface area (Å²) in [6.45, 7) is 3.17. The van der Waals surface area contributed by atoms with Crippen molar-refractivity contribution in [2.45, 2.75) is 25.8 Å². The first-order valence-electron chi connectivity index (χ1n) is 8.93. The smallest absolute Gasteiger partial charge is 0.241 e. The van der Waals surface area contributed by atoms with Crippen molar-refractivity contribution in [2.24, 2.45) is 0 Å². The van der Waals surface area contributed by atoms with Gasteiger partial charge in [0.2, 0.25) is 5.91 Å². The Morgan fingerprint density at radius 1 is 1.31 bits per heavy atom. The molecule has 1 aliphatic rings. The van der Waals surface area contributed by atoms with Crippen molar-refractivity contribution >= 4 is 23.2 Å². The predicted octanol–water partition coefficient (Wildman–Crippen LogP) is 4.32. The topological polar surface area (TPSA) is 32.8 Å². The highest BCUT2D eigenvalue weighted by Gasteiger charge is 2.25. The van der Waals surface area contributed by atoms with Gasteiger partial charge in [0.15, 0.2) is 0 Å². The molecule has 0 fully saturated rings. The second-order valence-corrected chi connectivity index (χ2v) is 7.16. The number of fused-ring (bicyclic) bond motifs is 1. The van der Waals surface area contributed by atoms with Gasteiger partial charge in [0.05, 0.1) is 13.7 Å². The number of carbonyl (C=O) groups is 1. The molecule has 1 heterocycles. The molecule has 4 nitrogen and oxygen atoms in total. The van der Waals surface area contributed by atoms with Crippen LogP contribution in [0, 0.1) is 0 Å². The molecule has 138 valence electrons. The first-order chi connectivity index (χ1) is 12.5. The number of likely N-dealkylation sites (N-methyl/N-ethyl adjacent to an activating group) is 1. The Morgan fingerprint density at radius 2 is 2.08 bits per heavy atom. The van der Waals surface area contributed by atoms with Crippen LogP contribution in [0.4, 0.5) is 5.69 Å². The quantitative estimate of drug-likeness (QED) is 0.783. The van der Waals surface area contributed by atoms with Gasteiger partial charge in [-0.3, -0.25) is 9.69 Å². The van der Waals surface area contributed by atoms with Crippen LogP contribution in [0.25, 0.3) is 0 Å². The van der Waals surface area contributed by atoms with Crippen molar-refractivity contribution in [2.75, 3.05) is 32.1 Å². The number of aryl methyl sites for hydroxylation is 1. The lowest BCUT2D eigenvalue weighted by molar-refractivity contribution is -0.120. The number of nitrogens with zero attached hydrogens (tertiary/aromatic N) is 2. The molecule has 0 radical (unpaired) electrons. The fourth-order valence-electron chi connectivity index (χ4n) is 3.45. The molecular weight excluding hydrogens is 348 g/mol. The number of hydrogen-bond acceptors (Lipinski definition) is 3. The molecule has 2 aromatic carbocycles. The largest absolute Gasteiger partial charge is 0.497 e. The standard InChI is InChI=1S/C21H25ClN2O2/c1-15(18-8-4-5-9-19(18)22)23(2)14-21(25)24-12-6-7-16-13-17(26-3)10-11-20(16)24/h4-5,8-11,13,15H,6-7,12,14H2,1-3H3. The third-order valence-corrected chi connectivity index (χ3v) is 5.45. The second kappa shape index (κ2) is 8.11. The zero-order valence-electron chi connectivity index (χ0n) is 15.5. The molecule has 26 heavy (non-hydrogen) atoms. The van der Waals surface area contributed by atoms with Crippen LogP contribution in [0.3, 0.4) is 0 Å². The highest BCUT2D eigenvalue weighted by molar-refractivity contribution is 6.31. The van der Waals surface area contributed by atoms with Crippen LogP contribution in [0.1, 0.15) is 30.5 Å². The van der Waals surface area contributed by atoms with E-state index in [0.29, 0.717) is 6.54 Å². The van der Waals surface area contributed by atoms with Gasteiger partial charge in [-0.1, -0.05) is 29.8 Å². The van der Waals surface area contributed by atoms with Gasteiger partial charge in [0, 0.05) is 23.3 Å². The Kier molecular flexibility index (Phi) is 5.84. The molecule has 0 aromatic heterocycles. The maximum absolute atomic E-state index is 13.0. The zero-order valence-corrected chi connectivity index (χ0v) is 16.3. The minimum absolute atomic E-state index is 0.0628. The molecule has 0 aliphatic carbocycles. The first kappa shape index (κ1) is 18.7. The molecule has 1 unspecified atom stereocenters. The number of rotatable bonds is 5. The summed E-state index contributed by atoms with van der Waals surface area (Å²) in [5.41, 5.74) is 3.21. The maximum Gasteiger partial charge on any atom is 0.241 e. The number of carbonyl (C=O) groups excluding carboxylic acids is 1. The van der Waals surface area contributed by atoms with E-state index >= 15 is 0 Å². The van der Waals surface area contributed by atoms with Crippen LogP contribution in [0.15, 0.2) is 42.5 Å². The van der Waals surface area contributed by atoms with Crippen molar-refractivity contribution in [1.29, 1.82) is 0 Å². The summed E-state index contributed by atoms with van der Waals surface area (Å²) >= 11 is 6.31. The Bertz CT molecular complexity index is 793. The van der Waals surface area contributed by atoms with Crippen LogP contribution >= 0.6 is 11.6 Å². The normalized spacial score (nSPS) is 14.9. The van der Waals surface area contributed by atoms with E-state index in [9.17, 15) is 4.79 Å². The lowest BCUT2D eigenvalue weighted by Crippen LogP contribution is -2.42. The summed E-state index contributed by atoms with van der Waals surface area (Å²) in [7, 11) is 3.63. The minimum atomic E-state index is 0.0628. The Hall–Kier alpha value is -2.04. The summed E-state index contributed by atoms with van der Waals surface area (Å²) in [5.74, 6) is 0.944. The second-order valence-electron chi connectivity index (χ2n) is 6.76. The number of methoxy groups -OCH3 is 1. The number of anilines is 1. The predicted molar refractivity (Wildman–Crippen MR) is 106 cm³/mol. The number of amides is 1. The molecule has 3 rings (SSSR count). The highest BCUT2D eigenvalue weighted by Crippen LogP contribution is 2.31. The van der Waals surface area contributed by atoms with E-state index in [2.05, 4.69) is 6.92 Å². The molecule has 2 aromatic rings. The Balaban J connectivity index is 1.74. The molecule has 0 spiro atoms. The summed E-state index contributed by atoms with van der Waals surface area (Å²) in [5, 5.41) is 0.731. The van der Waals surface area contributed by atoms with Crippen LogP contribution in [-0.4, -0.2) is 38.1 Å². The van der Waals surface area contributed by atoms with E-state index < -0.39 is 0 Å². The van der Waals surface area contributed by atoms with E-state index in [0.717, 1.165) is 41.4 Å². The van der Waals surface area contributed by atoms with E-state index in [1.807, 2.05) is 59.3 Å². The van der Waals surface area contributed by atoms with Gasteiger partial charge in [-0.2, -0.15) is 0 Å². The average molecular weight is 373 g/mol. The lowest BCUT2D eigenvalue weighted by atomic mass is 10.0. The van der Waals surface area contributed by atoms with Crippen LogP contribution in [0.2, 0.25) is 5.02 Å². The third kappa shape index (κ3) is 3.87. The molecule has 0 saturated heterocycles. The van der Waals surface area contributed by atoms with Crippen molar-refractivity contribution in [3.8, 4) is 5.75 Å². The van der Waals surface area contributed by atoms with Gasteiger partial charge in [0.1, 0.15) is 5.75 Å². The van der Waals surface area contributed by atoms with Gasteiger partial charge >= 0.3 is 0 Å². The highest BCUT2D eigenvalue weighted by atomic mass is 35.5. The molecular formula is C21H25ClN2O2. The van der Waals surface area contributed by atoms with E-state index in [1.54, 1.807) is 7.11 Å². The monoisotopic (exact) mass is 372 g/mol. The average Bonchev–Trinajstić information content (AvgIpc) is 2.66. The molecule has 0 bridgehead atoms. The zero-order chi connectivity index (χ0) is 18.7. The fourth-order valence-corrected chi connectivity index (χ4v) is 3.74. The van der Waals surface area contributed by atoms with Crippen molar-refractivity contribution in [3.05, 3.63) is 58.6 Å². The van der Waals surface area contributed by atoms with Crippen molar-refractivity contribution in [1.82, 2.24) is 4.90 Å². The van der Waals surface area contributed by atoms with Gasteiger partial charge in [-0.15, -0.1) is 0 Å². The van der Waals surface area contributed by atoms with Crippen LogP contribution in [-0.2, 0) is 11.2 Å². The van der Waals surface area contributed by atoms with Gasteiger partial charge in [0.25, 0.3) is 0 Å². The molecule has 1 atom stereocenters. The Labute approximate surface area is 160 Å². The Morgan fingerprint density at radius 3 is 2.81 bits per heavy atom. The summed E-state index contributed by atoms with van der Waals surface area (Å²) in [6, 6.07) is 13.8. The molecule has 1 amide bonds. The van der Waals surface area contributed by atoms with Crippen molar-refractivity contribution < 1.29 is 9.53 Å². The van der Waals surface area contributed by atoms with E-state index in [1.165, 1.54) is 5.56 Å². The van der Waals surface area contributed by atoms with E-state index in [4.69, 9.17) is 16.3 Å². The number of ether oxygens (including phenoxy) is 1. The summed E-state index contributed by atoms with van der Waals surface area (Å²) < 4.78 is 5.31. The molecule has 0 N–H and O–H groups in total. The van der Waals surface area contributed by atoms with Gasteiger partial charge in [-0.05, 0) is 62.2 Å². The number of halogens is 1. The minimum Gasteiger partial charge on any atom is -0.497 e. The fraction of sp³-hybridized carbons (Fsp3) is 0.381. The third-order valence-electron chi connectivity index (χ3n) is 5.11. The molecule has 0 saturated carbocycles. The van der Waals surface area contributed by atoms with Crippen LogP contribution < -0.4 is 9.64 Å². The maximum atomic E-state index is 13.0. The number of hydrogen-bond donors (Lipinski definition) is 0. The van der Waals surface area contributed by atoms with Crippen LogP contribution in [0.5, 0.6) is 5.75 Å². The van der Waals surface area contributed by atoms with Gasteiger partial charge in [-0.25, -0.2) is 0 Å². The molecule has 5 heteroatoms. The lowest BCUT2D eigenvalue weighted by Gasteiger charge is -2.32. The first-order valence-corrected chi connectivity index (χ1v) is 9.31. The number of benzene rings is 2. The SMILES string of the molecule is COc1ccc2c(c1)CCCN2C(=O)CN(C)C(C)c1ccccc1Cl. The summed E-state index contributed by atoms with van der Waals surface area (Å²) in [6.07, 6.45) is 1.94. The summed E-state index contributed by atoms with van der Waals surface area (Å²) in [4.78, 5) is 16.9. The van der Waals surface area contributed by atoms with E-state index in [-0.39, 0.29) is 11.9 Å². The van der Waals surface area contributed by atoms with Crippen molar-refractivity contribution in [3.63, 3.8) is 0 Å².